The topological polar surface area (TPSA) is 45.2 Å². The summed E-state index contributed by atoms with van der Waals surface area (Å²) in [4.78, 5) is 18.1. The van der Waals surface area contributed by atoms with Gasteiger partial charge in [0.1, 0.15) is 0 Å². The van der Waals surface area contributed by atoms with Gasteiger partial charge in [-0.2, -0.15) is 0 Å². The van der Waals surface area contributed by atoms with Gasteiger partial charge in [-0.05, 0) is 23.3 Å². The summed E-state index contributed by atoms with van der Waals surface area (Å²) in [7, 11) is 3.56. The number of hydrogen-bond acceptors (Lipinski definition) is 3. The molecule has 3 rings (SSSR count). The highest BCUT2D eigenvalue weighted by Gasteiger charge is 2.10. The summed E-state index contributed by atoms with van der Waals surface area (Å²) < 4.78 is 0. The molecular formula is C20H21N3O. The molecule has 24 heavy (non-hydrogen) atoms. The van der Waals surface area contributed by atoms with Gasteiger partial charge in [0.25, 0.3) is 0 Å². The zero-order valence-electron chi connectivity index (χ0n) is 14.0. The highest BCUT2D eigenvalue weighted by molar-refractivity contribution is 5.82. The minimum absolute atomic E-state index is 0.0936. The molecule has 1 amide bonds. The molecule has 0 bridgehead atoms. The first-order valence-corrected chi connectivity index (χ1v) is 7.99. The number of fused-ring (bicyclic) bond motifs is 1. The maximum absolute atomic E-state index is 12.0. The second-order valence-corrected chi connectivity index (χ2v) is 5.97. The monoisotopic (exact) mass is 319 g/mol. The fraction of sp³-hybridized carbons (Fsp3) is 0.200. The SMILES string of the molecule is CN(C)C(=O)Cc1ccccc1NCc1cccc2cccnc12. The maximum atomic E-state index is 12.0. The van der Waals surface area contributed by atoms with Gasteiger partial charge in [-0.25, -0.2) is 0 Å². The Morgan fingerprint density at radius 2 is 1.75 bits per heavy atom. The molecule has 0 saturated heterocycles. The Bertz CT molecular complexity index is 853. The van der Waals surface area contributed by atoms with Gasteiger partial charge in [-0.3, -0.25) is 9.78 Å². The van der Waals surface area contributed by atoms with E-state index in [0.717, 1.165) is 27.7 Å². The number of carbonyl (C=O) groups is 1. The van der Waals surface area contributed by atoms with Crippen LogP contribution in [0.15, 0.2) is 60.8 Å². The van der Waals surface area contributed by atoms with E-state index in [1.165, 1.54) is 0 Å². The number of para-hydroxylation sites is 2. The summed E-state index contributed by atoms with van der Waals surface area (Å²) in [5.41, 5.74) is 4.14. The molecule has 0 fully saturated rings. The van der Waals surface area contributed by atoms with E-state index >= 15 is 0 Å². The molecule has 2 aromatic carbocycles. The highest BCUT2D eigenvalue weighted by atomic mass is 16.2. The van der Waals surface area contributed by atoms with Crippen LogP contribution in [0.2, 0.25) is 0 Å². The van der Waals surface area contributed by atoms with Crippen LogP contribution >= 0.6 is 0 Å². The van der Waals surface area contributed by atoms with E-state index in [4.69, 9.17) is 0 Å². The predicted molar refractivity (Wildman–Crippen MR) is 97.9 cm³/mol. The summed E-state index contributed by atoms with van der Waals surface area (Å²) in [6.45, 7) is 0.668. The lowest BCUT2D eigenvalue weighted by Crippen LogP contribution is -2.23. The third-order valence-electron chi connectivity index (χ3n) is 4.04. The second-order valence-electron chi connectivity index (χ2n) is 5.97. The van der Waals surface area contributed by atoms with Gasteiger partial charge in [-0.15, -0.1) is 0 Å². The summed E-state index contributed by atoms with van der Waals surface area (Å²) in [5, 5.41) is 4.59. The number of anilines is 1. The molecule has 3 aromatic rings. The Balaban J connectivity index is 1.80. The Morgan fingerprint density at radius 3 is 2.58 bits per heavy atom. The van der Waals surface area contributed by atoms with Crippen LogP contribution in [0.25, 0.3) is 10.9 Å². The molecule has 0 aliphatic heterocycles. The van der Waals surface area contributed by atoms with Gasteiger partial charge in [0.2, 0.25) is 5.91 Å². The third kappa shape index (κ3) is 3.54. The van der Waals surface area contributed by atoms with Crippen LogP contribution in [-0.4, -0.2) is 29.9 Å². The van der Waals surface area contributed by atoms with Crippen LogP contribution < -0.4 is 5.32 Å². The fourth-order valence-corrected chi connectivity index (χ4v) is 2.67. The van der Waals surface area contributed by atoms with E-state index in [1.54, 1.807) is 19.0 Å². The Kier molecular flexibility index (Phi) is 4.75. The van der Waals surface area contributed by atoms with Crippen molar-refractivity contribution in [3.8, 4) is 0 Å². The molecule has 0 aliphatic rings. The van der Waals surface area contributed by atoms with Crippen LogP contribution in [0, 0.1) is 0 Å². The second kappa shape index (κ2) is 7.13. The molecule has 1 aromatic heterocycles. The number of likely N-dealkylation sites (N-methyl/N-ethyl adjacent to an activating group) is 1. The molecule has 4 heteroatoms. The Hall–Kier alpha value is -2.88. The summed E-state index contributed by atoms with van der Waals surface area (Å²) in [6, 6.07) is 18.1. The molecule has 4 nitrogen and oxygen atoms in total. The lowest BCUT2D eigenvalue weighted by molar-refractivity contribution is -0.127. The van der Waals surface area contributed by atoms with E-state index < -0.39 is 0 Å². The van der Waals surface area contributed by atoms with Gasteiger partial charge in [0.05, 0.1) is 11.9 Å². The predicted octanol–water partition coefficient (Wildman–Crippen LogP) is 3.48. The minimum Gasteiger partial charge on any atom is -0.381 e. The summed E-state index contributed by atoms with van der Waals surface area (Å²) >= 11 is 0. The van der Waals surface area contributed by atoms with Crippen LogP contribution in [0.4, 0.5) is 5.69 Å². The number of nitrogens with zero attached hydrogens (tertiary/aromatic N) is 2. The first-order chi connectivity index (χ1) is 11.6. The molecule has 1 heterocycles. The van der Waals surface area contributed by atoms with Gasteiger partial charge in [0.15, 0.2) is 0 Å². The molecule has 0 unspecified atom stereocenters. The van der Waals surface area contributed by atoms with Crippen LogP contribution in [0.3, 0.4) is 0 Å². The molecule has 0 saturated carbocycles. The number of benzene rings is 2. The first kappa shape index (κ1) is 16.0. The number of pyridine rings is 1. The van der Waals surface area contributed by atoms with Crippen molar-refractivity contribution in [1.82, 2.24) is 9.88 Å². The number of rotatable bonds is 5. The minimum atomic E-state index is 0.0936. The fourth-order valence-electron chi connectivity index (χ4n) is 2.67. The average Bonchev–Trinajstić information content (AvgIpc) is 2.61. The smallest absolute Gasteiger partial charge is 0.226 e. The van der Waals surface area contributed by atoms with E-state index in [1.807, 2.05) is 42.6 Å². The molecule has 0 spiro atoms. The van der Waals surface area contributed by atoms with E-state index in [-0.39, 0.29) is 5.91 Å². The quantitative estimate of drug-likeness (QED) is 0.783. The number of aromatic nitrogens is 1. The highest BCUT2D eigenvalue weighted by Crippen LogP contribution is 2.20. The molecule has 1 N–H and O–H groups in total. The van der Waals surface area contributed by atoms with Crippen LogP contribution in [0.1, 0.15) is 11.1 Å². The van der Waals surface area contributed by atoms with Crippen molar-refractivity contribution in [2.45, 2.75) is 13.0 Å². The van der Waals surface area contributed by atoms with E-state index in [9.17, 15) is 4.79 Å². The van der Waals surface area contributed by atoms with Crippen molar-refractivity contribution in [1.29, 1.82) is 0 Å². The third-order valence-corrected chi connectivity index (χ3v) is 4.04. The largest absolute Gasteiger partial charge is 0.381 e. The standard InChI is InChI=1S/C20H21N3O/c1-23(2)19(24)13-16-7-3-4-11-18(16)22-14-17-9-5-8-15-10-6-12-21-20(15)17/h3-12,22H,13-14H2,1-2H3. The summed E-state index contributed by atoms with van der Waals surface area (Å²) in [5.74, 6) is 0.0936. The van der Waals surface area contributed by atoms with Gasteiger partial charge in [0, 0.05) is 37.9 Å². The van der Waals surface area contributed by atoms with Gasteiger partial charge in [-0.1, -0.05) is 42.5 Å². The zero-order valence-corrected chi connectivity index (χ0v) is 14.0. The van der Waals surface area contributed by atoms with Crippen LogP contribution in [0.5, 0.6) is 0 Å². The lowest BCUT2D eigenvalue weighted by atomic mass is 10.1. The Morgan fingerprint density at radius 1 is 1.00 bits per heavy atom. The van der Waals surface area contributed by atoms with E-state index in [0.29, 0.717) is 13.0 Å². The normalized spacial score (nSPS) is 10.6. The number of carbonyl (C=O) groups excluding carboxylic acids is 1. The maximum Gasteiger partial charge on any atom is 0.226 e. The molecular weight excluding hydrogens is 298 g/mol. The first-order valence-electron chi connectivity index (χ1n) is 7.99. The zero-order chi connectivity index (χ0) is 16.9. The van der Waals surface area contributed by atoms with Gasteiger partial charge < -0.3 is 10.2 Å². The number of hydrogen-bond donors (Lipinski definition) is 1. The lowest BCUT2D eigenvalue weighted by Gasteiger charge is -2.15. The van der Waals surface area contributed by atoms with Crippen molar-refractivity contribution < 1.29 is 4.79 Å². The van der Waals surface area contributed by atoms with Crippen molar-refractivity contribution in [2.24, 2.45) is 0 Å². The molecule has 0 atom stereocenters. The van der Waals surface area contributed by atoms with Crippen molar-refractivity contribution in [3.05, 3.63) is 71.9 Å². The van der Waals surface area contributed by atoms with Crippen molar-refractivity contribution >= 4 is 22.5 Å². The number of amides is 1. The van der Waals surface area contributed by atoms with Crippen molar-refractivity contribution in [3.63, 3.8) is 0 Å². The average molecular weight is 319 g/mol. The van der Waals surface area contributed by atoms with Crippen LogP contribution in [-0.2, 0) is 17.8 Å². The van der Waals surface area contributed by atoms with Gasteiger partial charge >= 0.3 is 0 Å². The van der Waals surface area contributed by atoms with E-state index in [2.05, 4.69) is 28.5 Å². The molecule has 0 radical (unpaired) electrons. The Labute approximate surface area is 142 Å². The molecule has 122 valence electrons. The molecule has 0 aliphatic carbocycles. The summed E-state index contributed by atoms with van der Waals surface area (Å²) in [6.07, 6.45) is 2.21. The van der Waals surface area contributed by atoms with Crippen molar-refractivity contribution in [2.75, 3.05) is 19.4 Å². The number of nitrogens with one attached hydrogen (secondary N) is 1.